The van der Waals surface area contributed by atoms with Gasteiger partial charge in [0.25, 0.3) is 15.9 Å². The Bertz CT molecular complexity index is 1240. The molecule has 2 aromatic carbocycles. The van der Waals surface area contributed by atoms with Crippen molar-refractivity contribution in [1.82, 2.24) is 14.5 Å². The summed E-state index contributed by atoms with van der Waals surface area (Å²) >= 11 is 3.42. The Morgan fingerprint density at radius 1 is 1.11 bits per heavy atom. The normalized spacial score (nSPS) is 18.1. The molecule has 1 N–H and O–H groups in total. The first-order chi connectivity index (χ1) is 16.7. The van der Waals surface area contributed by atoms with Gasteiger partial charge in [-0.3, -0.25) is 14.4 Å². The monoisotopic (exact) mass is 561 g/mol. The number of nitrogens with one attached hydrogen (secondary N) is 1. The molecule has 1 aliphatic carbocycles. The van der Waals surface area contributed by atoms with Crippen LogP contribution in [0, 0.1) is 0 Å². The second kappa shape index (κ2) is 10.5. The highest BCUT2D eigenvalue weighted by atomic mass is 79.9. The fraction of sp³-hybridized carbons (Fsp3) is 0.400. The van der Waals surface area contributed by atoms with Crippen molar-refractivity contribution in [2.75, 3.05) is 6.54 Å². The van der Waals surface area contributed by atoms with Crippen molar-refractivity contribution in [1.29, 1.82) is 0 Å². The van der Waals surface area contributed by atoms with Gasteiger partial charge in [0.05, 0.1) is 5.56 Å². The van der Waals surface area contributed by atoms with Crippen LogP contribution in [-0.4, -0.2) is 54.0 Å². The largest absolute Gasteiger partial charge is 0.352 e. The zero-order valence-corrected chi connectivity index (χ0v) is 21.8. The first-order valence-corrected chi connectivity index (χ1v) is 13.9. The Hall–Kier alpha value is -2.72. The van der Waals surface area contributed by atoms with E-state index in [2.05, 4.69) is 21.2 Å². The molecule has 2 aromatic rings. The third-order valence-electron chi connectivity index (χ3n) is 6.55. The van der Waals surface area contributed by atoms with Crippen LogP contribution in [-0.2, 0) is 26.2 Å². The van der Waals surface area contributed by atoms with E-state index in [1.165, 1.54) is 23.1 Å². The molecule has 1 heterocycles. The summed E-state index contributed by atoms with van der Waals surface area (Å²) in [6.45, 7) is 1.04. The molecule has 0 unspecified atom stereocenters. The highest BCUT2D eigenvalue weighted by molar-refractivity contribution is 9.10. The van der Waals surface area contributed by atoms with Crippen LogP contribution in [0.3, 0.4) is 0 Å². The summed E-state index contributed by atoms with van der Waals surface area (Å²) in [5.74, 6) is -1.66. The van der Waals surface area contributed by atoms with Crippen LogP contribution >= 0.6 is 15.9 Å². The number of hydrogen-bond acceptors (Lipinski definition) is 5. The molecule has 3 amide bonds. The number of benzene rings is 2. The molecular weight excluding hydrogens is 534 g/mol. The minimum atomic E-state index is -4.14. The van der Waals surface area contributed by atoms with Gasteiger partial charge >= 0.3 is 0 Å². The van der Waals surface area contributed by atoms with Gasteiger partial charge in [-0.2, -0.15) is 0 Å². The molecular formula is C25H28BrN3O5S. The first kappa shape index (κ1) is 25.4. The minimum Gasteiger partial charge on any atom is -0.352 e. The molecule has 0 spiro atoms. The lowest BCUT2D eigenvalue weighted by atomic mass is 9.95. The van der Waals surface area contributed by atoms with Crippen molar-refractivity contribution < 1.29 is 22.8 Å². The van der Waals surface area contributed by atoms with Gasteiger partial charge in [-0.15, -0.1) is 0 Å². The van der Waals surface area contributed by atoms with E-state index in [9.17, 15) is 22.8 Å². The van der Waals surface area contributed by atoms with Crippen LogP contribution in [0.25, 0.3) is 0 Å². The maximum atomic E-state index is 13.5. The van der Waals surface area contributed by atoms with Gasteiger partial charge in [0, 0.05) is 17.1 Å². The second-order valence-corrected chi connectivity index (χ2v) is 11.7. The van der Waals surface area contributed by atoms with Crippen LogP contribution in [0.5, 0.6) is 0 Å². The number of carbonyl (C=O) groups excluding carboxylic acids is 3. The number of hydrogen-bond donors (Lipinski definition) is 1. The quantitative estimate of drug-likeness (QED) is 0.557. The van der Waals surface area contributed by atoms with Gasteiger partial charge in [0.1, 0.15) is 17.5 Å². The molecule has 8 nitrogen and oxygen atoms in total. The van der Waals surface area contributed by atoms with Crippen molar-refractivity contribution in [2.45, 2.75) is 62.6 Å². The van der Waals surface area contributed by atoms with Crippen LogP contribution in [0.2, 0.25) is 0 Å². The second-order valence-electron chi connectivity index (χ2n) is 8.98. The topological polar surface area (TPSA) is 104 Å². The fourth-order valence-corrected chi connectivity index (χ4v) is 6.55. The van der Waals surface area contributed by atoms with Crippen molar-refractivity contribution in [3.8, 4) is 0 Å². The summed E-state index contributed by atoms with van der Waals surface area (Å²) in [6.07, 6.45) is 5.05. The van der Waals surface area contributed by atoms with E-state index in [1.807, 2.05) is 24.3 Å². The van der Waals surface area contributed by atoms with Crippen LogP contribution in [0.4, 0.5) is 0 Å². The third kappa shape index (κ3) is 5.43. The Kier molecular flexibility index (Phi) is 7.61. The van der Waals surface area contributed by atoms with E-state index in [0.29, 0.717) is 4.31 Å². The van der Waals surface area contributed by atoms with Crippen molar-refractivity contribution in [2.24, 2.45) is 0 Å². The van der Waals surface area contributed by atoms with Gasteiger partial charge < -0.3 is 10.2 Å². The average molecular weight is 562 g/mol. The molecule has 2 aliphatic rings. The summed E-state index contributed by atoms with van der Waals surface area (Å²) in [5, 5.41) is 3.04. The van der Waals surface area contributed by atoms with Crippen molar-refractivity contribution >= 4 is 43.7 Å². The van der Waals surface area contributed by atoms with Crippen molar-refractivity contribution in [3.63, 3.8) is 0 Å². The van der Waals surface area contributed by atoms with E-state index in [1.54, 1.807) is 13.0 Å². The maximum Gasteiger partial charge on any atom is 0.269 e. The van der Waals surface area contributed by atoms with Gasteiger partial charge in [-0.05, 0) is 49.6 Å². The molecule has 1 saturated carbocycles. The number of fused-ring (bicyclic) bond motifs is 1. The zero-order valence-electron chi connectivity index (χ0n) is 19.4. The van der Waals surface area contributed by atoms with E-state index in [-0.39, 0.29) is 29.0 Å². The molecule has 0 aromatic heterocycles. The molecule has 1 aliphatic heterocycles. The van der Waals surface area contributed by atoms with E-state index in [4.69, 9.17) is 0 Å². The molecule has 1 atom stereocenters. The Morgan fingerprint density at radius 2 is 1.83 bits per heavy atom. The number of carbonyl (C=O) groups is 3. The van der Waals surface area contributed by atoms with Gasteiger partial charge in [-0.1, -0.05) is 59.5 Å². The number of amides is 3. The van der Waals surface area contributed by atoms with Crippen LogP contribution < -0.4 is 5.32 Å². The van der Waals surface area contributed by atoms with E-state index < -0.39 is 34.4 Å². The fourth-order valence-electron chi connectivity index (χ4n) is 4.58. The molecule has 35 heavy (non-hydrogen) atoms. The minimum absolute atomic E-state index is 0.0435. The van der Waals surface area contributed by atoms with Gasteiger partial charge in [0.2, 0.25) is 11.8 Å². The molecule has 0 radical (unpaired) electrons. The third-order valence-corrected chi connectivity index (χ3v) is 8.83. The standard InChI is InChI=1S/C25H28BrN3O5S/c1-17(24(31)27-20-10-3-2-4-11-20)28(15-18-8-7-9-19(26)14-18)23(30)16-29-25(32)21-12-5-6-13-22(21)35(29,33)34/h5-9,12-14,17,20H,2-4,10-11,15-16H2,1H3,(H,27,31)/t17-/m1/s1. The van der Waals surface area contributed by atoms with Crippen molar-refractivity contribution in [3.05, 3.63) is 64.1 Å². The highest BCUT2D eigenvalue weighted by Crippen LogP contribution is 2.30. The van der Waals surface area contributed by atoms with Crippen LogP contribution in [0.1, 0.15) is 54.9 Å². The Labute approximate surface area is 213 Å². The summed E-state index contributed by atoms with van der Waals surface area (Å²) < 4.78 is 27.4. The van der Waals surface area contributed by atoms with E-state index >= 15 is 0 Å². The molecule has 1 fully saturated rings. The SMILES string of the molecule is C[C@H](C(=O)NC1CCCCC1)N(Cc1cccc(Br)c1)C(=O)CN1C(=O)c2ccccc2S1(=O)=O. The summed E-state index contributed by atoms with van der Waals surface area (Å²) in [7, 11) is -4.14. The molecule has 10 heteroatoms. The average Bonchev–Trinajstić information content (AvgIpc) is 3.03. The molecule has 0 saturated heterocycles. The number of sulfonamides is 1. The molecule has 4 rings (SSSR count). The van der Waals surface area contributed by atoms with Crippen LogP contribution in [0.15, 0.2) is 57.9 Å². The maximum absolute atomic E-state index is 13.5. The summed E-state index contributed by atoms with van der Waals surface area (Å²) in [4.78, 5) is 40.7. The zero-order chi connectivity index (χ0) is 25.2. The molecule has 186 valence electrons. The lowest BCUT2D eigenvalue weighted by Gasteiger charge is -2.32. The Morgan fingerprint density at radius 3 is 2.51 bits per heavy atom. The highest BCUT2D eigenvalue weighted by Gasteiger charge is 2.43. The lowest BCUT2D eigenvalue weighted by Crippen LogP contribution is -2.52. The number of halogens is 1. The summed E-state index contributed by atoms with van der Waals surface area (Å²) in [6, 6.07) is 12.4. The predicted octanol–water partition coefficient (Wildman–Crippen LogP) is 3.46. The molecule has 0 bridgehead atoms. The predicted molar refractivity (Wildman–Crippen MR) is 134 cm³/mol. The van der Waals surface area contributed by atoms with E-state index in [0.717, 1.165) is 42.1 Å². The smallest absolute Gasteiger partial charge is 0.269 e. The first-order valence-electron chi connectivity index (χ1n) is 11.7. The summed E-state index contributed by atoms with van der Waals surface area (Å²) in [5.41, 5.74) is 0.811. The number of nitrogens with zero attached hydrogens (tertiary/aromatic N) is 2. The van der Waals surface area contributed by atoms with Gasteiger partial charge in [0.15, 0.2) is 0 Å². The number of rotatable bonds is 7. The lowest BCUT2D eigenvalue weighted by molar-refractivity contribution is -0.140. The Balaban J connectivity index is 1.57. The van der Waals surface area contributed by atoms with Gasteiger partial charge in [-0.25, -0.2) is 12.7 Å².